The molecule has 0 saturated heterocycles. The van der Waals surface area contributed by atoms with Gasteiger partial charge in [0.2, 0.25) is 0 Å². The molecule has 1 amide bonds. The van der Waals surface area contributed by atoms with Crippen LogP contribution in [0, 0.1) is 0 Å². The molecule has 0 unspecified atom stereocenters. The lowest BCUT2D eigenvalue weighted by Crippen LogP contribution is -2.11. The molecule has 0 aliphatic carbocycles. The molecule has 0 saturated carbocycles. The molecule has 3 rings (SSSR count). The fourth-order valence-electron chi connectivity index (χ4n) is 2.31. The Morgan fingerprint density at radius 2 is 1.92 bits per heavy atom. The van der Waals surface area contributed by atoms with Gasteiger partial charge in [-0.05, 0) is 35.9 Å². The molecule has 0 aliphatic heterocycles. The maximum absolute atomic E-state index is 13.1. The second kappa shape index (κ2) is 6.68. The molecule has 2 aromatic carbocycles. The van der Waals surface area contributed by atoms with Crippen LogP contribution in [-0.4, -0.2) is 16.0 Å². The number of carbonyl (C=O) groups is 1. The van der Waals surface area contributed by atoms with Gasteiger partial charge in [-0.15, -0.1) is 0 Å². The number of rotatable bonds is 4. The van der Waals surface area contributed by atoms with Crippen molar-refractivity contribution >= 4 is 28.1 Å². The second-order valence-electron chi connectivity index (χ2n) is 5.29. The summed E-state index contributed by atoms with van der Waals surface area (Å²) in [6.07, 6.45) is -3.03. The number of nitrogens with zero attached hydrogens (tertiary/aromatic N) is 1. The summed E-state index contributed by atoms with van der Waals surface area (Å²) in [6, 6.07) is 9.38. The average Bonchev–Trinajstić information content (AvgIpc) is 3.03. The predicted molar refractivity (Wildman–Crippen MR) is 92.5 cm³/mol. The molecule has 0 aliphatic rings. The highest BCUT2D eigenvalue weighted by Gasteiger charge is 2.33. The van der Waals surface area contributed by atoms with E-state index in [1.54, 1.807) is 6.07 Å². The van der Waals surface area contributed by atoms with Crippen LogP contribution in [0.15, 0.2) is 48.7 Å². The first kappa shape index (κ1) is 17.7. The third-order valence-corrected chi connectivity index (χ3v) is 4.49. The van der Waals surface area contributed by atoms with Gasteiger partial charge < -0.3 is 16.2 Å². The van der Waals surface area contributed by atoms with Crippen molar-refractivity contribution in [2.75, 3.05) is 5.32 Å². The van der Waals surface area contributed by atoms with Crippen molar-refractivity contribution in [2.24, 2.45) is 5.73 Å². The lowest BCUT2D eigenvalue weighted by molar-refractivity contribution is -0.136. The maximum atomic E-state index is 13.1. The van der Waals surface area contributed by atoms with E-state index in [1.807, 2.05) is 0 Å². The van der Waals surface area contributed by atoms with Crippen molar-refractivity contribution in [3.05, 3.63) is 59.8 Å². The Morgan fingerprint density at radius 1 is 1.19 bits per heavy atom. The smallest absolute Gasteiger partial charge is 0.418 e. The number of thiazole rings is 1. The number of alkyl halides is 3. The summed E-state index contributed by atoms with van der Waals surface area (Å²) in [7, 11) is 0. The molecule has 3 aromatic rings. The van der Waals surface area contributed by atoms with Crippen molar-refractivity contribution < 1.29 is 23.1 Å². The lowest BCUT2D eigenvalue weighted by atomic mass is 10.1. The second-order valence-corrected chi connectivity index (χ2v) is 6.32. The number of carbonyl (C=O) groups excluding carboxylic acids is 1. The van der Waals surface area contributed by atoms with Crippen molar-refractivity contribution in [3.63, 3.8) is 0 Å². The van der Waals surface area contributed by atoms with E-state index in [4.69, 9.17) is 5.73 Å². The number of aromatic hydroxyl groups is 1. The minimum atomic E-state index is -4.49. The van der Waals surface area contributed by atoms with Gasteiger partial charge in [-0.3, -0.25) is 4.79 Å². The van der Waals surface area contributed by atoms with E-state index in [1.165, 1.54) is 36.5 Å². The fraction of sp³-hybridized carbons (Fsp3) is 0.0588. The van der Waals surface area contributed by atoms with Crippen molar-refractivity contribution in [2.45, 2.75) is 6.18 Å². The number of hydrogen-bond acceptors (Lipinski definition) is 5. The van der Waals surface area contributed by atoms with Crippen LogP contribution in [0.1, 0.15) is 15.9 Å². The Bertz CT molecular complexity index is 970. The number of primary amides is 1. The maximum Gasteiger partial charge on any atom is 0.418 e. The van der Waals surface area contributed by atoms with Gasteiger partial charge in [-0.1, -0.05) is 23.5 Å². The topological polar surface area (TPSA) is 88.2 Å². The first-order valence-electron chi connectivity index (χ1n) is 7.28. The molecule has 134 valence electrons. The SMILES string of the molecule is NC(=O)c1cc(-c2cnc(Nc3ccccc3C(F)(F)F)s2)ccc1O. The minimum absolute atomic E-state index is 0.0483. The number of phenols is 1. The molecule has 26 heavy (non-hydrogen) atoms. The van der Waals surface area contributed by atoms with Gasteiger partial charge in [0.15, 0.2) is 5.13 Å². The van der Waals surface area contributed by atoms with E-state index in [0.29, 0.717) is 10.4 Å². The van der Waals surface area contributed by atoms with Crippen LogP contribution in [0.3, 0.4) is 0 Å². The molecule has 4 N–H and O–H groups in total. The van der Waals surface area contributed by atoms with Gasteiger partial charge in [0, 0.05) is 6.20 Å². The normalized spacial score (nSPS) is 11.3. The van der Waals surface area contributed by atoms with Gasteiger partial charge in [-0.25, -0.2) is 4.98 Å². The highest BCUT2D eigenvalue weighted by molar-refractivity contribution is 7.18. The first-order valence-corrected chi connectivity index (χ1v) is 8.09. The molecular weight excluding hydrogens is 367 g/mol. The molecule has 0 radical (unpaired) electrons. The van der Waals surface area contributed by atoms with E-state index < -0.39 is 17.6 Å². The van der Waals surface area contributed by atoms with E-state index >= 15 is 0 Å². The van der Waals surface area contributed by atoms with Crippen LogP contribution in [-0.2, 0) is 6.18 Å². The highest BCUT2D eigenvalue weighted by atomic mass is 32.1. The number of benzene rings is 2. The minimum Gasteiger partial charge on any atom is -0.507 e. The van der Waals surface area contributed by atoms with Crippen LogP contribution in [0.5, 0.6) is 5.75 Å². The number of amides is 1. The first-order chi connectivity index (χ1) is 12.3. The summed E-state index contributed by atoms with van der Waals surface area (Å²) >= 11 is 1.10. The average molecular weight is 379 g/mol. The molecule has 0 atom stereocenters. The van der Waals surface area contributed by atoms with Crippen LogP contribution >= 0.6 is 11.3 Å². The van der Waals surface area contributed by atoms with E-state index in [9.17, 15) is 23.1 Å². The summed E-state index contributed by atoms with van der Waals surface area (Å²) in [6.45, 7) is 0. The summed E-state index contributed by atoms with van der Waals surface area (Å²) in [5.41, 5.74) is 4.81. The Labute approximate surface area is 149 Å². The Balaban J connectivity index is 1.91. The number of halogens is 3. The van der Waals surface area contributed by atoms with Crippen LogP contribution in [0.4, 0.5) is 24.0 Å². The van der Waals surface area contributed by atoms with Crippen LogP contribution in [0.2, 0.25) is 0 Å². The molecule has 1 aromatic heterocycles. The molecular formula is C17H12F3N3O2S. The van der Waals surface area contributed by atoms with Crippen LogP contribution in [0.25, 0.3) is 10.4 Å². The Hall–Kier alpha value is -3.07. The van der Waals surface area contributed by atoms with Crippen molar-refractivity contribution in [1.82, 2.24) is 4.98 Å². The summed E-state index contributed by atoms with van der Waals surface area (Å²) in [5.74, 6) is -1.03. The van der Waals surface area contributed by atoms with E-state index in [0.717, 1.165) is 17.4 Å². The van der Waals surface area contributed by atoms with Gasteiger partial charge in [0.1, 0.15) is 5.75 Å². The molecule has 0 fully saturated rings. The Morgan fingerprint density at radius 3 is 2.62 bits per heavy atom. The van der Waals surface area contributed by atoms with Crippen molar-refractivity contribution in [1.29, 1.82) is 0 Å². The Kier molecular flexibility index (Phi) is 4.56. The number of anilines is 2. The third kappa shape index (κ3) is 3.62. The zero-order valence-electron chi connectivity index (χ0n) is 13.0. The summed E-state index contributed by atoms with van der Waals surface area (Å²) in [4.78, 5) is 16.0. The van der Waals surface area contributed by atoms with Gasteiger partial charge in [0.05, 0.1) is 21.7 Å². The largest absolute Gasteiger partial charge is 0.507 e. The van der Waals surface area contributed by atoms with Crippen molar-refractivity contribution in [3.8, 4) is 16.2 Å². The molecule has 1 heterocycles. The van der Waals surface area contributed by atoms with E-state index in [-0.39, 0.29) is 22.1 Å². The summed E-state index contributed by atoms with van der Waals surface area (Å²) < 4.78 is 39.2. The number of nitrogens with two attached hydrogens (primary N) is 1. The van der Waals surface area contributed by atoms with Crippen LogP contribution < -0.4 is 11.1 Å². The molecule has 0 bridgehead atoms. The standard InChI is InChI=1S/C17H12F3N3O2S/c18-17(19,20)11-3-1-2-4-12(11)23-16-22-8-14(26-16)9-5-6-13(24)10(7-9)15(21)25/h1-8,24H,(H2,21,25)(H,22,23). The number of para-hydroxylation sites is 1. The lowest BCUT2D eigenvalue weighted by Gasteiger charge is -2.12. The molecule has 0 spiro atoms. The number of hydrogen-bond donors (Lipinski definition) is 3. The quantitative estimate of drug-likeness (QED) is 0.628. The predicted octanol–water partition coefficient (Wildman–Crippen LogP) is 4.38. The summed E-state index contributed by atoms with van der Waals surface area (Å²) in [5, 5.41) is 12.5. The number of aromatic nitrogens is 1. The van der Waals surface area contributed by atoms with Gasteiger partial charge in [0.25, 0.3) is 5.91 Å². The molecule has 5 nitrogen and oxygen atoms in total. The molecule has 9 heteroatoms. The zero-order chi connectivity index (χ0) is 18.9. The third-order valence-electron chi connectivity index (χ3n) is 3.53. The van der Waals surface area contributed by atoms with E-state index in [2.05, 4.69) is 10.3 Å². The highest BCUT2D eigenvalue weighted by Crippen LogP contribution is 2.38. The monoisotopic (exact) mass is 379 g/mol. The van der Waals surface area contributed by atoms with Gasteiger partial charge in [-0.2, -0.15) is 13.2 Å². The number of nitrogens with one attached hydrogen (secondary N) is 1. The fourth-order valence-corrected chi connectivity index (χ4v) is 3.13. The van der Waals surface area contributed by atoms with Gasteiger partial charge >= 0.3 is 6.18 Å². The zero-order valence-corrected chi connectivity index (χ0v) is 13.9.